The average Bonchev–Trinajstić information content (AvgIpc) is 3.01. The van der Waals surface area contributed by atoms with E-state index >= 15 is 0 Å². The van der Waals surface area contributed by atoms with Crippen molar-refractivity contribution in [3.8, 4) is 11.5 Å². The molecular formula is C20H19ClF3N3O6S. The first-order chi connectivity index (χ1) is 15.8. The summed E-state index contributed by atoms with van der Waals surface area (Å²) in [5.74, 6) is -1.05. The number of ether oxygens (including phenoxy) is 2. The summed E-state index contributed by atoms with van der Waals surface area (Å²) in [5, 5.41) is 1.62. The Morgan fingerprint density at radius 3 is 2.24 bits per heavy atom. The quantitative estimate of drug-likeness (QED) is 0.516. The molecule has 3 rings (SSSR count). The molecule has 1 aliphatic rings. The highest BCUT2D eigenvalue weighted by Gasteiger charge is 2.69. The van der Waals surface area contributed by atoms with E-state index in [2.05, 4.69) is 0 Å². The molecule has 0 aliphatic carbocycles. The van der Waals surface area contributed by atoms with Gasteiger partial charge in [0.15, 0.2) is 11.5 Å². The van der Waals surface area contributed by atoms with Gasteiger partial charge >= 0.3 is 12.2 Å². The zero-order chi connectivity index (χ0) is 25.3. The summed E-state index contributed by atoms with van der Waals surface area (Å²) < 4.78 is 78.9. The van der Waals surface area contributed by atoms with E-state index in [0.29, 0.717) is 22.0 Å². The standard InChI is InChI=1S/C20H19ClF3N3O6S/c1-32-15-8-3-12(11-16(15)33-2)9-10-27-17(28)19(20(22,23)24,25-18(27)29)26-34(30,31)14-6-4-13(21)5-7-14/h3-8,11,26H,9-10H2,1-2H3,(H,25,29)/t19-/m1/s1. The predicted molar refractivity (Wildman–Crippen MR) is 114 cm³/mol. The number of alkyl halides is 3. The summed E-state index contributed by atoms with van der Waals surface area (Å²) in [7, 11) is -2.07. The van der Waals surface area contributed by atoms with Crippen LogP contribution in [0.25, 0.3) is 0 Å². The number of nitrogens with zero attached hydrogens (tertiary/aromatic N) is 1. The van der Waals surface area contributed by atoms with Crippen LogP contribution in [-0.2, 0) is 21.2 Å². The smallest absolute Gasteiger partial charge is 0.435 e. The summed E-state index contributed by atoms with van der Waals surface area (Å²) >= 11 is 5.69. The molecule has 0 aromatic heterocycles. The first-order valence-corrected chi connectivity index (χ1v) is 11.4. The molecule has 1 saturated heterocycles. The van der Waals surface area contributed by atoms with E-state index in [4.69, 9.17) is 21.1 Å². The lowest BCUT2D eigenvalue weighted by Gasteiger charge is -2.29. The van der Waals surface area contributed by atoms with Gasteiger partial charge in [0.1, 0.15) is 0 Å². The van der Waals surface area contributed by atoms with Crippen molar-refractivity contribution in [3.05, 3.63) is 53.1 Å². The number of carbonyl (C=O) groups is 2. The number of amides is 3. The number of imide groups is 1. The van der Waals surface area contributed by atoms with Gasteiger partial charge < -0.3 is 14.8 Å². The molecule has 0 bridgehead atoms. The Morgan fingerprint density at radius 1 is 1.06 bits per heavy atom. The van der Waals surface area contributed by atoms with Gasteiger partial charge in [0, 0.05) is 11.6 Å². The first kappa shape index (κ1) is 25.6. The van der Waals surface area contributed by atoms with Gasteiger partial charge in [-0.3, -0.25) is 9.69 Å². The summed E-state index contributed by atoms with van der Waals surface area (Å²) in [5.41, 5.74) is -3.34. The lowest BCUT2D eigenvalue weighted by atomic mass is 10.1. The van der Waals surface area contributed by atoms with Gasteiger partial charge in [0.25, 0.3) is 11.6 Å². The van der Waals surface area contributed by atoms with Crippen LogP contribution in [0.2, 0.25) is 5.02 Å². The fraction of sp³-hybridized carbons (Fsp3) is 0.300. The molecule has 0 radical (unpaired) electrons. The number of nitrogens with one attached hydrogen (secondary N) is 2. The van der Waals surface area contributed by atoms with Crippen molar-refractivity contribution >= 4 is 33.6 Å². The van der Waals surface area contributed by atoms with Gasteiger partial charge in [-0.15, -0.1) is 0 Å². The SMILES string of the molecule is COc1ccc(CCN2C(=O)N[C@](NS(=O)(=O)c3ccc(Cl)cc3)(C(F)(F)F)C2=O)cc1OC. The number of urea groups is 1. The number of rotatable bonds is 8. The highest BCUT2D eigenvalue weighted by molar-refractivity contribution is 7.89. The van der Waals surface area contributed by atoms with E-state index in [9.17, 15) is 31.2 Å². The Labute approximate surface area is 197 Å². The number of methoxy groups -OCH3 is 2. The van der Waals surface area contributed by atoms with Crippen molar-refractivity contribution < 1.29 is 40.7 Å². The minimum Gasteiger partial charge on any atom is -0.493 e. The van der Waals surface area contributed by atoms with Crippen LogP contribution in [0.1, 0.15) is 5.56 Å². The third-order valence-corrected chi connectivity index (χ3v) is 6.73. The third kappa shape index (κ3) is 4.76. The largest absolute Gasteiger partial charge is 0.493 e. The monoisotopic (exact) mass is 521 g/mol. The number of sulfonamides is 1. The van der Waals surface area contributed by atoms with Crippen molar-refractivity contribution in [2.75, 3.05) is 20.8 Å². The zero-order valence-electron chi connectivity index (χ0n) is 17.8. The van der Waals surface area contributed by atoms with Crippen LogP contribution in [0, 0.1) is 0 Å². The van der Waals surface area contributed by atoms with Crippen LogP contribution in [0.4, 0.5) is 18.0 Å². The van der Waals surface area contributed by atoms with Crippen LogP contribution >= 0.6 is 11.6 Å². The maximum absolute atomic E-state index is 14.0. The van der Waals surface area contributed by atoms with E-state index in [1.54, 1.807) is 12.1 Å². The molecule has 34 heavy (non-hydrogen) atoms. The summed E-state index contributed by atoms with van der Waals surface area (Å²) in [6.07, 6.45) is -5.52. The fourth-order valence-corrected chi connectivity index (χ4v) is 4.64. The van der Waals surface area contributed by atoms with Crippen molar-refractivity contribution in [2.24, 2.45) is 0 Å². The topological polar surface area (TPSA) is 114 Å². The van der Waals surface area contributed by atoms with Gasteiger partial charge in [-0.05, 0) is 48.4 Å². The second kappa shape index (κ2) is 9.31. The molecule has 2 aromatic rings. The molecule has 9 nitrogen and oxygen atoms in total. The molecule has 1 atom stereocenters. The first-order valence-electron chi connectivity index (χ1n) is 9.56. The maximum atomic E-state index is 14.0. The van der Waals surface area contributed by atoms with E-state index in [1.807, 2.05) is 0 Å². The molecule has 14 heteroatoms. The highest BCUT2D eigenvalue weighted by atomic mass is 35.5. The van der Waals surface area contributed by atoms with E-state index in [1.165, 1.54) is 30.3 Å². The van der Waals surface area contributed by atoms with E-state index in [-0.39, 0.29) is 11.4 Å². The van der Waals surface area contributed by atoms with Crippen molar-refractivity contribution in [3.63, 3.8) is 0 Å². The predicted octanol–water partition coefficient (Wildman–Crippen LogP) is 2.69. The van der Waals surface area contributed by atoms with Gasteiger partial charge in [-0.1, -0.05) is 17.7 Å². The zero-order valence-corrected chi connectivity index (χ0v) is 19.3. The lowest BCUT2D eigenvalue weighted by molar-refractivity contribution is -0.198. The Hall–Kier alpha value is -3.03. The van der Waals surface area contributed by atoms with Gasteiger partial charge in [0.2, 0.25) is 10.0 Å². The molecule has 1 aliphatic heterocycles. The van der Waals surface area contributed by atoms with Crippen LogP contribution in [0.5, 0.6) is 11.5 Å². The molecule has 1 fully saturated rings. The van der Waals surface area contributed by atoms with Crippen LogP contribution in [-0.4, -0.2) is 57.9 Å². The normalized spacial score (nSPS) is 18.7. The summed E-state index contributed by atoms with van der Waals surface area (Å²) in [6, 6.07) is 7.51. The van der Waals surface area contributed by atoms with Gasteiger partial charge in [0.05, 0.1) is 19.1 Å². The molecule has 2 N–H and O–H groups in total. The fourth-order valence-electron chi connectivity index (χ4n) is 3.25. The number of benzene rings is 2. The Morgan fingerprint density at radius 2 is 1.68 bits per heavy atom. The summed E-state index contributed by atoms with van der Waals surface area (Å²) in [4.78, 5) is 24.9. The molecule has 1 heterocycles. The molecule has 0 spiro atoms. The highest BCUT2D eigenvalue weighted by Crippen LogP contribution is 2.35. The molecule has 0 saturated carbocycles. The number of hydrogen-bond acceptors (Lipinski definition) is 6. The Bertz CT molecular complexity index is 1210. The Balaban J connectivity index is 1.87. The van der Waals surface area contributed by atoms with Crippen molar-refractivity contribution in [1.82, 2.24) is 14.9 Å². The van der Waals surface area contributed by atoms with E-state index < -0.39 is 45.2 Å². The second-order valence-corrected chi connectivity index (χ2v) is 9.25. The third-order valence-electron chi connectivity index (χ3n) is 5.01. The number of halogens is 4. The molecule has 2 aromatic carbocycles. The lowest BCUT2D eigenvalue weighted by Crippen LogP contribution is -2.69. The number of hydrogen-bond donors (Lipinski definition) is 2. The van der Waals surface area contributed by atoms with Crippen LogP contribution in [0.3, 0.4) is 0 Å². The molecule has 3 amide bonds. The number of carbonyl (C=O) groups excluding carboxylic acids is 2. The van der Waals surface area contributed by atoms with Crippen molar-refractivity contribution in [2.45, 2.75) is 23.2 Å². The van der Waals surface area contributed by atoms with Crippen molar-refractivity contribution in [1.29, 1.82) is 0 Å². The second-order valence-electron chi connectivity index (χ2n) is 7.13. The molecule has 184 valence electrons. The Kier molecular flexibility index (Phi) is 7.01. The average molecular weight is 522 g/mol. The maximum Gasteiger partial charge on any atom is 0.435 e. The van der Waals surface area contributed by atoms with E-state index in [0.717, 1.165) is 24.3 Å². The van der Waals surface area contributed by atoms with Crippen LogP contribution < -0.4 is 19.5 Å². The molecule has 0 unspecified atom stereocenters. The van der Waals surface area contributed by atoms with Gasteiger partial charge in [-0.2, -0.15) is 17.9 Å². The summed E-state index contributed by atoms with van der Waals surface area (Å²) in [6.45, 7) is -0.458. The van der Waals surface area contributed by atoms with Crippen LogP contribution in [0.15, 0.2) is 47.4 Å². The molecular weight excluding hydrogens is 503 g/mol. The minimum atomic E-state index is -5.49. The minimum absolute atomic E-state index is 0.0304. The van der Waals surface area contributed by atoms with Gasteiger partial charge in [-0.25, -0.2) is 13.2 Å².